The number of carbonyl (C=O) groups excluding carboxylic acids is 1. The number of ketones is 1. The second kappa shape index (κ2) is 6.98. The van der Waals surface area contributed by atoms with Gasteiger partial charge in [-0.1, -0.05) is 65.5 Å². The largest absolute Gasteiger partial charge is 0.296 e. The summed E-state index contributed by atoms with van der Waals surface area (Å²) in [7, 11) is -4.67. The van der Waals surface area contributed by atoms with Crippen LogP contribution < -0.4 is 0 Å². The predicted octanol–water partition coefficient (Wildman–Crippen LogP) is 4.66. The molecule has 0 heterocycles. The molecule has 0 spiro atoms. The molecule has 0 bridgehead atoms. The summed E-state index contributed by atoms with van der Waals surface area (Å²) in [6.07, 6.45) is -0.562. The van der Waals surface area contributed by atoms with Gasteiger partial charge in [0.15, 0.2) is 11.9 Å². The van der Waals surface area contributed by atoms with Gasteiger partial charge in [-0.3, -0.25) is 9.37 Å². The monoisotopic (exact) mass is 376 g/mol. The Labute approximate surface area is 140 Å². The number of carbonyl (C=O) groups is 1. The Morgan fingerprint density at radius 3 is 1.41 bits per heavy atom. The molecule has 0 saturated carbocycles. The maximum Gasteiger partial charge on any atom is 0.202 e. The van der Waals surface area contributed by atoms with E-state index in [0.29, 0.717) is 5.57 Å². The van der Waals surface area contributed by atoms with E-state index in [1.807, 2.05) is 0 Å². The molecule has 0 amide bonds. The van der Waals surface area contributed by atoms with Gasteiger partial charge in [0, 0.05) is 0 Å². The maximum atomic E-state index is 12.1. The SMILES string of the molecule is C=C(C)C(=O)C(C)OO[Si]([Si](C)(C)C)([Si](C)(C)C)[Si](C)(C)C. The smallest absolute Gasteiger partial charge is 0.202 e. The molecule has 0 aliphatic rings. The molecule has 0 N–H and O–H groups in total. The molecule has 3 nitrogen and oxygen atoms in total. The zero-order valence-electron chi connectivity index (χ0n) is 16.5. The molecule has 0 aliphatic heterocycles. The molecule has 1 atom stereocenters. The molecule has 0 fully saturated rings. The summed E-state index contributed by atoms with van der Waals surface area (Å²) in [4.78, 5) is 17.8. The van der Waals surface area contributed by atoms with E-state index >= 15 is 0 Å². The van der Waals surface area contributed by atoms with E-state index in [4.69, 9.17) is 9.46 Å². The third-order valence-electron chi connectivity index (χ3n) is 4.28. The fraction of sp³-hybridized carbons (Fsp3) is 0.800. The van der Waals surface area contributed by atoms with Gasteiger partial charge >= 0.3 is 0 Å². The van der Waals surface area contributed by atoms with Gasteiger partial charge in [-0.15, -0.1) is 0 Å². The summed E-state index contributed by atoms with van der Waals surface area (Å²) in [5.41, 5.74) is 0.525. The highest BCUT2D eigenvalue weighted by atomic mass is 29.9. The molecule has 0 aromatic heterocycles. The second-order valence-electron chi connectivity index (χ2n) is 9.40. The molecule has 22 heavy (non-hydrogen) atoms. The van der Waals surface area contributed by atoms with Crippen LogP contribution in [0, 0.1) is 0 Å². The molecule has 0 aliphatic carbocycles. The molecule has 7 heteroatoms. The molecule has 0 aromatic carbocycles. The van der Waals surface area contributed by atoms with E-state index in [9.17, 15) is 4.79 Å². The standard InChI is InChI=1S/C15H36O3Si4/c1-13(2)15(16)14(3)17-18-22(19(4,5)6,20(7,8)9)21(10,11)12/h14H,1H2,2-12H3. The van der Waals surface area contributed by atoms with Gasteiger partial charge in [-0.05, 0) is 19.4 Å². The lowest BCUT2D eigenvalue weighted by Crippen LogP contribution is -2.84. The van der Waals surface area contributed by atoms with Crippen molar-refractivity contribution in [2.75, 3.05) is 0 Å². The van der Waals surface area contributed by atoms with Crippen LogP contribution in [0.25, 0.3) is 0 Å². The summed E-state index contributed by atoms with van der Waals surface area (Å²) in [5.74, 6) is -0.0652. The fourth-order valence-corrected chi connectivity index (χ4v) is 95.8. The van der Waals surface area contributed by atoms with Crippen molar-refractivity contribution in [2.45, 2.75) is 78.9 Å². The first-order valence-corrected chi connectivity index (χ1v) is 23.4. The summed E-state index contributed by atoms with van der Waals surface area (Å²) in [6, 6.07) is 0. The normalized spacial score (nSPS) is 15.6. The molecular formula is C15H36O3Si4. The number of hydrogen-bond acceptors (Lipinski definition) is 3. The van der Waals surface area contributed by atoms with Gasteiger partial charge in [-0.25, -0.2) is 4.89 Å². The van der Waals surface area contributed by atoms with Crippen LogP contribution in [0.3, 0.4) is 0 Å². The highest BCUT2D eigenvalue weighted by Gasteiger charge is 2.65. The van der Waals surface area contributed by atoms with E-state index in [0.717, 1.165) is 0 Å². The Morgan fingerprint density at radius 2 is 1.18 bits per heavy atom. The predicted molar refractivity (Wildman–Crippen MR) is 107 cm³/mol. The van der Waals surface area contributed by atoms with Gasteiger partial charge in [0.25, 0.3) is 0 Å². The first-order valence-electron chi connectivity index (χ1n) is 8.03. The fourth-order valence-electron chi connectivity index (χ4n) is 4.29. The zero-order valence-corrected chi connectivity index (χ0v) is 20.5. The van der Waals surface area contributed by atoms with Gasteiger partial charge < -0.3 is 0 Å². The van der Waals surface area contributed by atoms with Crippen molar-refractivity contribution < 1.29 is 14.3 Å². The van der Waals surface area contributed by atoms with Crippen LogP contribution in [0.15, 0.2) is 12.2 Å². The van der Waals surface area contributed by atoms with E-state index in [1.54, 1.807) is 13.8 Å². The summed E-state index contributed by atoms with van der Waals surface area (Å²) < 4.78 is 6.42. The molecule has 0 rings (SSSR count). The van der Waals surface area contributed by atoms with Crippen LogP contribution in [0.4, 0.5) is 0 Å². The summed E-state index contributed by atoms with van der Waals surface area (Å²) in [6.45, 7) is 27.0. The molecule has 0 radical (unpaired) electrons. The quantitative estimate of drug-likeness (QED) is 0.267. The average molecular weight is 377 g/mol. The molecule has 1 unspecified atom stereocenters. The van der Waals surface area contributed by atoms with Crippen LogP contribution in [0.1, 0.15) is 13.8 Å². The van der Waals surface area contributed by atoms with Crippen LogP contribution in [0.5, 0.6) is 0 Å². The van der Waals surface area contributed by atoms with Crippen LogP contribution in [-0.4, -0.2) is 41.5 Å². The minimum Gasteiger partial charge on any atom is -0.296 e. The van der Waals surface area contributed by atoms with Crippen molar-refractivity contribution in [1.29, 1.82) is 0 Å². The molecule has 0 saturated heterocycles. The Bertz CT molecular complexity index is 392. The lowest BCUT2D eigenvalue weighted by Gasteiger charge is -2.54. The van der Waals surface area contributed by atoms with Gasteiger partial charge in [0.2, 0.25) is 6.87 Å². The van der Waals surface area contributed by atoms with Gasteiger partial charge in [0.05, 0.1) is 22.8 Å². The highest BCUT2D eigenvalue weighted by molar-refractivity contribution is 7.87. The molecular weight excluding hydrogens is 341 g/mol. The second-order valence-corrected chi connectivity index (χ2v) is 48.8. The minimum absolute atomic E-state index is 0.0652. The van der Waals surface area contributed by atoms with E-state index in [1.165, 1.54) is 0 Å². The summed E-state index contributed by atoms with van der Waals surface area (Å²) >= 11 is 0. The van der Waals surface area contributed by atoms with Crippen molar-refractivity contribution in [3.8, 4) is 0 Å². The minimum atomic E-state index is -2.03. The third kappa shape index (κ3) is 4.39. The number of hydrogen-bond donors (Lipinski definition) is 0. The lowest BCUT2D eigenvalue weighted by molar-refractivity contribution is -0.238. The van der Waals surface area contributed by atoms with Crippen molar-refractivity contribution in [3.05, 3.63) is 12.2 Å². The Kier molecular flexibility index (Phi) is 7.04. The van der Waals surface area contributed by atoms with E-state index in [2.05, 4.69) is 65.5 Å². The Hall–Kier alpha value is 0.198. The van der Waals surface area contributed by atoms with Crippen molar-refractivity contribution in [3.63, 3.8) is 0 Å². The third-order valence-corrected chi connectivity index (χ3v) is 71.2. The Morgan fingerprint density at radius 1 is 0.864 bits per heavy atom. The topological polar surface area (TPSA) is 35.5 Å². The number of rotatable bonds is 8. The lowest BCUT2D eigenvalue weighted by atomic mass is 10.1. The van der Waals surface area contributed by atoms with Crippen molar-refractivity contribution in [2.24, 2.45) is 0 Å². The average Bonchev–Trinajstić information content (AvgIpc) is 2.22. The van der Waals surface area contributed by atoms with Gasteiger partial charge in [0.1, 0.15) is 0 Å². The highest BCUT2D eigenvalue weighted by Crippen LogP contribution is 2.38. The summed E-state index contributed by atoms with van der Waals surface area (Å²) in [5, 5.41) is 0. The van der Waals surface area contributed by atoms with E-state index < -0.39 is 35.7 Å². The maximum absolute atomic E-state index is 12.1. The first kappa shape index (κ1) is 22.2. The van der Waals surface area contributed by atoms with Crippen LogP contribution >= 0.6 is 0 Å². The number of Topliss-reactive ketones (excluding diaryl/α,β-unsaturated/α-hetero) is 1. The zero-order chi connectivity index (χ0) is 18.1. The van der Waals surface area contributed by atoms with Crippen molar-refractivity contribution in [1.82, 2.24) is 0 Å². The Balaban J connectivity index is 5.74. The van der Waals surface area contributed by atoms with Crippen LogP contribution in [0.2, 0.25) is 58.9 Å². The van der Waals surface area contributed by atoms with E-state index in [-0.39, 0.29) is 5.78 Å². The van der Waals surface area contributed by atoms with Gasteiger partial charge in [-0.2, -0.15) is 0 Å². The molecule has 130 valence electrons. The molecule has 0 aromatic rings. The van der Waals surface area contributed by atoms with Crippen LogP contribution in [-0.2, 0) is 14.3 Å². The first-order chi connectivity index (χ1) is 9.49. The van der Waals surface area contributed by atoms with Crippen molar-refractivity contribution >= 4 is 35.4 Å².